The summed E-state index contributed by atoms with van der Waals surface area (Å²) in [6.45, 7) is 0.978. The van der Waals surface area contributed by atoms with E-state index in [1.807, 2.05) is 30.3 Å². The summed E-state index contributed by atoms with van der Waals surface area (Å²) in [5.74, 6) is 0. The number of carbonyl (C=O) groups is 1. The van der Waals surface area contributed by atoms with Crippen LogP contribution < -0.4 is 5.32 Å². The van der Waals surface area contributed by atoms with Crippen molar-refractivity contribution in [2.75, 3.05) is 6.54 Å². The molecule has 0 bridgehead atoms. The van der Waals surface area contributed by atoms with Crippen molar-refractivity contribution in [2.24, 2.45) is 0 Å². The average Bonchev–Trinajstić information content (AvgIpc) is 2.31. The van der Waals surface area contributed by atoms with Crippen LogP contribution in [0.4, 0.5) is 0 Å². The number of hydrogen-bond acceptors (Lipinski definition) is 3. The molecule has 1 N–H and O–H groups in total. The molecule has 1 unspecified atom stereocenters. The van der Waals surface area contributed by atoms with Gasteiger partial charge in [-0.2, -0.15) is 0 Å². The maximum Gasteiger partial charge on any atom is 0.210 e. The van der Waals surface area contributed by atoms with E-state index in [1.54, 1.807) is 0 Å². The van der Waals surface area contributed by atoms with E-state index >= 15 is 0 Å². The molecule has 1 aliphatic rings. The average molecular weight is 221 g/mol. The van der Waals surface area contributed by atoms with Gasteiger partial charge in [-0.1, -0.05) is 36.4 Å². The highest BCUT2D eigenvalue weighted by Gasteiger charge is 2.20. The summed E-state index contributed by atoms with van der Waals surface area (Å²) < 4.78 is 0. The normalized spacial score (nSPS) is 21.2. The van der Waals surface area contributed by atoms with Crippen molar-refractivity contribution < 1.29 is 4.79 Å². The quantitative estimate of drug-likeness (QED) is 0.778. The predicted molar refractivity (Wildman–Crippen MR) is 62.9 cm³/mol. The van der Waals surface area contributed by atoms with Gasteiger partial charge in [0.15, 0.2) is 0 Å². The highest BCUT2D eigenvalue weighted by molar-refractivity contribution is 8.13. The number of benzene rings is 1. The number of rotatable bonds is 2. The molecule has 0 saturated carbocycles. The van der Waals surface area contributed by atoms with E-state index in [2.05, 4.69) is 5.32 Å². The smallest absolute Gasteiger partial charge is 0.210 e. The molecule has 1 aromatic carbocycles. The number of nitrogens with one attached hydrogen (secondary N) is 1. The SMILES string of the molecule is O=C(Sc1ccccc1)C1CCCCN1. The number of piperidine rings is 1. The third-order valence-corrected chi connectivity index (χ3v) is 3.55. The van der Waals surface area contributed by atoms with Crippen LogP contribution in [-0.4, -0.2) is 17.7 Å². The molecule has 1 aromatic rings. The third kappa shape index (κ3) is 3.08. The first-order valence-electron chi connectivity index (χ1n) is 5.36. The van der Waals surface area contributed by atoms with Crippen molar-refractivity contribution >= 4 is 16.9 Å². The van der Waals surface area contributed by atoms with Gasteiger partial charge in [0.1, 0.15) is 0 Å². The van der Waals surface area contributed by atoms with Gasteiger partial charge in [-0.05, 0) is 31.5 Å². The summed E-state index contributed by atoms with van der Waals surface area (Å²) in [6, 6.07) is 9.90. The molecule has 80 valence electrons. The minimum Gasteiger partial charge on any atom is -0.307 e. The molecule has 0 amide bonds. The topological polar surface area (TPSA) is 29.1 Å². The molecule has 0 radical (unpaired) electrons. The molecular weight excluding hydrogens is 206 g/mol. The van der Waals surface area contributed by atoms with Crippen molar-refractivity contribution in [1.82, 2.24) is 5.32 Å². The Hall–Kier alpha value is -0.800. The van der Waals surface area contributed by atoms with Gasteiger partial charge < -0.3 is 5.32 Å². The number of carbonyl (C=O) groups excluding carboxylic acids is 1. The molecule has 3 heteroatoms. The Morgan fingerprint density at radius 1 is 1.27 bits per heavy atom. The summed E-state index contributed by atoms with van der Waals surface area (Å²) >= 11 is 1.35. The lowest BCUT2D eigenvalue weighted by Gasteiger charge is -2.21. The predicted octanol–water partition coefficient (Wildman–Crippen LogP) is 2.45. The Labute approximate surface area is 94.4 Å². The Balaban J connectivity index is 1.91. The van der Waals surface area contributed by atoms with Crippen LogP contribution >= 0.6 is 11.8 Å². The van der Waals surface area contributed by atoms with Crippen LogP contribution in [0.2, 0.25) is 0 Å². The van der Waals surface area contributed by atoms with E-state index in [9.17, 15) is 4.79 Å². The molecule has 2 rings (SSSR count). The van der Waals surface area contributed by atoms with Crippen LogP contribution in [0.25, 0.3) is 0 Å². The monoisotopic (exact) mass is 221 g/mol. The third-order valence-electron chi connectivity index (χ3n) is 2.56. The Morgan fingerprint density at radius 3 is 2.73 bits per heavy atom. The Bertz CT molecular complexity index is 320. The first-order chi connectivity index (χ1) is 7.36. The number of hydrogen-bond donors (Lipinski definition) is 1. The maximum atomic E-state index is 11.9. The zero-order valence-electron chi connectivity index (χ0n) is 8.61. The van der Waals surface area contributed by atoms with Gasteiger partial charge in [-0.3, -0.25) is 4.79 Å². The standard InChI is InChI=1S/C12H15NOS/c14-12(11-8-4-5-9-13-11)15-10-6-2-1-3-7-10/h1-3,6-7,11,13H,4-5,8-9H2. The molecule has 15 heavy (non-hydrogen) atoms. The second-order valence-electron chi connectivity index (χ2n) is 3.74. The van der Waals surface area contributed by atoms with Crippen molar-refractivity contribution in [3.8, 4) is 0 Å². The minimum absolute atomic E-state index is 0.0592. The lowest BCUT2D eigenvalue weighted by molar-refractivity contribution is -0.113. The highest BCUT2D eigenvalue weighted by atomic mass is 32.2. The van der Waals surface area contributed by atoms with Crippen LogP contribution in [0.3, 0.4) is 0 Å². The summed E-state index contributed by atoms with van der Waals surface area (Å²) in [5.41, 5.74) is 0. The van der Waals surface area contributed by atoms with E-state index < -0.39 is 0 Å². The summed E-state index contributed by atoms with van der Waals surface area (Å²) in [5, 5.41) is 3.52. The van der Waals surface area contributed by atoms with Gasteiger partial charge in [0.05, 0.1) is 6.04 Å². The van der Waals surface area contributed by atoms with Crippen LogP contribution in [0, 0.1) is 0 Å². The van der Waals surface area contributed by atoms with E-state index in [1.165, 1.54) is 24.6 Å². The zero-order valence-corrected chi connectivity index (χ0v) is 9.43. The molecule has 2 nitrogen and oxygen atoms in total. The summed E-state index contributed by atoms with van der Waals surface area (Å²) in [4.78, 5) is 12.9. The van der Waals surface area contributed by atoms with Crippen molar-refractivity contribution in [3.63, 3.8) is 0 Å². The zero-order chi connectivity index (χ0) is 10.5. The van der Waals surface area contributed by atoms with Crippen molar-refractivity contribution in [3.05, 3.63) is 30.3 Å². The van der Waals surface area contributed by atoms with Gasteiger partial charge in [0, 0.05) is 4.90 Å². The largest absolute Gasteiger partial charge is 0.307 e. The molecule has 1 heterocycles. The van der Waals surface area contributed by atoms with Gasteiger partial charge in [0.25, 0.3) is 0 Å². The first-order valence-corrected chi connectivity index (χ1v) is 6.18. The van der Waals surface area contributed by atoms with Gasteiger partial charge in [-0.25, -0.2) is 0 Å². The van der Waals surface area contributed by atoms with Crippen LogP contribution in [0.5, 0.6) is 0 Å². The van der Waals surface area contributed by atoms with Gasteiger partial charge in [-0.15, -0.1) is 0 Å². The highest BCUT2D eigenvalue weighted by Crippen LogP contribution is 2.22. The fourth-order valence-corrected chi connectivity index (χ4v) is 2.60. The fraction of sp³-hybridized carbons (Fsp3) is 0.417. The molecule has 1 saturated heterocycles. The maximum absolute atomic E-state index is 11.9. The summed E-state index contributed by atoms with van der Waals surface area (Å²) in [6.07, 6.45) is 3.34. The number of thioether (sulfide) groups is 1. The first kappa shape index (κ1) is 10.7. The lowest BCUT2D eigenvalue weighted by Crippen LogP contribution is -2.38. The minimum atomic E-state index is 0.0592. The Kier molecular flexibility index (Phi) is 3.80. The van der Waals surface area contributed by atoms with E-state index in [-0.39, 0.29) is 11.2 Å². The van der Waals surface area contributed by atoms with E-state index in [0.717, 1.165) is 17.9 Å². The molecule has 0 spiro atoms. The second kappa shape index (κ2) is 5.33. The molecular formula is C12H15NOS. The fourth-order valence-electron chi connectivity index (χ4n) is 1.73. The molecule has 1 aliphatic heterocycles. The van der Waals surface area contributed by atoms with Crippen LogP contribution in [0.1, 0.15) is 19.3 Å². The van der Waals surface area contributed by atoms with E-state index in [4.69, 9.17) is 0 Å². The van der Waals surface area contributed by atoms with E-state index in [0.29, 0.717) is 0 Å². The van der Waals surface area contributed by atoms with Gasteiger partial charge >= 0.3 is 0 Å². The van der Waals surface area contributed by atoms with Crippen LogP contribution in [0.15, 0.2) is 35.2 Å². The Morgan fingerprint density at radius 2 is 2.07 bits per heavy atom. The molecule has 1 atom stereocenters. The molecule has 0 aliphatic carbocycles. The summed E-state index contributed by atoms with van der Waals surface area (Å²) in [7, 11) is 0. The van der Waals surface area contributed by atoms with Gasteiger partial charge in [0.2, 0.25) is 5.12 Å². The second-order valence-corrected chi connectivity index (χ2v) is 4.81. The molecule has 0 aromatic heterocycles. The lowest BCUT2D eigenvalue weighted by atomic mass is 10.1. The van der Waals surface area contributed by atoms with Crippen molar-refractivity contribution in [1.29, 1.82) is 0 Å². The van der Waals surface area contributed by atoms with Crippen LogP contribution in [-0.2, 0) is 4.79 Å². The van der Waals surface area contributed by atoms with Crippen molar-refractivity contribution in [2.45, 2.75) is 30.2 Å². The molecule has 1 fully saturated rings.